The van der Waals surface area contributed by atoms with E-state index in [0.29, 0.717) is 12.8 Å². The molecule has 1 N–H and O–H groups in total. The Hall–Kier alpha value is -2.92. The van der Waals surface area contributed by atoms with E-state index in [1.165, 1.54) is 22.2 Å². The number of aromatic nitrogens is 2. The zero-order valence-corrected chi connectivity index (χ0v) is 26.7. The topological polar surface area (TPSA) is 63.1 Å². The number of hydrogen-bond donors (Lipinski definition) is 1. The summed E-state index contributed by atoms with van der Waals surface area (Å²) < 4.78 is 0. The largest absolute Gasteiger partial charge is 0.512 e. The summed E-state index contributed by atoms with van der Waals surface area (Å²) in [6.07, 6.45) is 4.13. The summed E-state index contributed by atoms with van der Waals surface area (Å²) in [6.45, 7) is 14.9. The number of pyridine rings is 2. The molecule has 201 valence electrons. The van der Waals surface area contributed by atoms with Crippen molar-refractivity contribution in [3.05, 3.63) is 89.8 Å². The second kappa shape index (κ2) is 13.7. The summed E-state index contributed by atoms with van der Waals surface area (Å²) in [7, 11) is -1.42. The predicted molar refractivity (Wildman–Crippen MR) is 158 cm³/mol. The van der Waals surface area contributed by atoms with E-state index in [-0.39, 0.29) is 31.6 Å². The van der Waals surface area contributed by atoms with E-state index in [1.807, 2.05) is 18.3 Å². The molecule has 0 aliphatic carbocycles. The van der Waals surface area contributed by atoms with Crippen LogP contribution in [0.5, 0.6) is 0 Å². The maximum Gasteiger partial charge on any atom is 0.158 e. The van der Waals surface area contributed by atoms with E-state index in [1.54, 1.807) is 13.8 Å². The van der Waals surface area contributed by atoms with Gasteiger partial charge in [0.15, 0.2) is 5.78 Å². The number of carbonyl (C=O) groups is 1. The van der Waals surface area contributed by atoms with E-state index < -0.39 is 8.07 Å². The molecule has 0 spiro atoms. The van der Waals surface area contributed by atoms with Gasteiger partial charge in [-0.25, -0.2) is 0 Å². The number of ketones is 1. The SMILES string of the molecule is CCC(=O)/C=C(\O)CC.Cc1[c-]c(-c2cc(-c3ccccn3)c3cc([Si](C)(C)C)ccc3n2)cc(C)c1.[Ir]. The maximum atomic E-state index is 10.5. The van der Waals surface area contributed by atoms with Crippen LogP contribution in [0.2, 0.25) is 19.6 Å². The van der Waals surface area contributed by atoms with E-state index in [4.69, 9.17) is 10.1 Å². The van der Waals surface area contributed by atoms with Crippen LogP contribution in [-0.4, -0.2) is 28.9 Å². The van der Waals surface area contributed by atoms with Crippen LogP contribution in [0.4, 0.5) is 0 Å². The molecule has 6 heteroatoms. The summed E-state index contributed by atoms with van der Waals surface area (Å²) in [4.78, 5) is 20.2. The summed E-state index contributed by atoms with van der Waals surface area (Å²) >= 11 is 0. The van der Waals surface area contributed by atoms with Gasteiger partial charge in [0, 0.05) is 56.2 Å². The molecule has 0 unspecified atom stereocenters. The fourth-order valence-electron chi connectivity index (χ4n) is 3.99. The average Bonchev–Trinajstić information content (AvgIpc) is 2.87. The van der Waals surface area contributed by atoms with Crippen molar-refractivity contribution in [3.63, 3.8) is 0 Å². The normalized spacial score (nSPS) is 11.4. The first-order valence-electron chi connectivity index (χ1n) is 12.8. The van der Waals surface area contributed by atoms with Gasteiger partial charge in [-0.1, -0.05) is 76.8 Å². The molecule has 0 aliphatic heterocycles. The number of rotatable bonds is 6. The van der Waals surface area contributed by atoms with Gasteiger partial charge < -0.3 is 5.11 Å². The first-order valence-corrected chi connectivity index (χ1v) is 16.3. The molecule has 38 heavy (non-hydrogen) atoms. The van der Waals surface area contributed by atoms with Crippen molar-refractivity contribution in [2.24, 2.45) is 0 Å². The van der Waals surface area contributed by atoms with E-state index >= 15 is 0 Å². The molecule has 0 fully saturated rings. The van der Waals surface area contributed by atoms with Crippen molar-refractivity contribution in [2.75, 3.05) is 0 Å². The summed E-state index contributed by atoms with van der Waals surface area (Å²) in [6, 6.07) is 22.8. The molecule has 4 nitrogen and oxygen atoms in total. The van der Waals surface area contributed by atoms with Gasteiger partial charge in [0.2, 0.25) is 0 Å². The number of nitrogens with zero attached hydrogens (tertiary/aromatic N) is 2. The molecule has 2 aromatic heterocycles. The first kappa shape index (κ1) is 31.3. The smallest absolute Gasteiger partial charge is 0.158 e. The molecule has 0 saturated heterocycles. The van der Waals surface area contributed by atoms with Gasteiger partial charge in [-0.2, -0.15) is 0 Å². The van der Waals surface area contributed by atoms with Gasteiger partial charge in [0.25, 0.3) is 0 Å². The Kier molecular flexibility index (Phi) is 11.3. The molecule has 4 aromatic rings. The fourth-order valence-corrected chi connectivity index (χ4v) is 5.15. The molecular weight excluding hydrogens is 665 g/mol. The molecule has 0 aliphatic rings. The standard InChI is InChI=1S/C25H25N2Si.C7H12O2.Ir/c1-17-12-18(2)14-19(13-17)25-16-22(23-8-6-7-11-26-23)21-15-20(28(3,4)5)9-10-24(21)27-25;1-3-6(8)5-7(9)4-2;/h6-13,15-16H,1-5H3;5,8H,3-4H2,1-2H3;/q-1;;/b;6-5-;. The van der Waals surface area contributed by atoms with Gasteiger partial charge in [0.05, 0.1) is 25.0 Å². The molecule has 2 aromatic carbocycles. The van der Waals surface area contributed by atoms with Crippen molar-refractivity contribution < 1.29 is 30.0 Å². The monoisotopic (exact) mass is 702 g/mol. The van der Waals surface area contributed by atoms with Gasteiger partial charge >= 0.3 is 0 Å². The maximum absolute atomic E-state index is 10.5. The Bertz CT molecular complexity index is 1410. The third-order valence-electron chi connectivity index (χ3n) is 6.08. The minimum absolute atomic E-state index is 0. The van der Waals surface area contributed by atoms with Crippen molar-refractivity contribution in [2.45, 2.75) is 60.2 Å². The number of carbonyl (C=O) groups excluding carboxylic acids is 1. The number of aliphatic hydroxyl groups excluding tert-OH is 1. The minimum atomic E-state index is -1.42. The Morgan fingerprint density at radius 1 is 0.974 bits per heavy atom. The Morgan fingerprint density at radius 2 is 1.71 bits per heavy atom. The van der Waals surface area contributed by atoms with Crippen LogP contribution in [0.15, 0.2) is 72.6 Å². The van der Waals surface area contributed by atoms with E-state index in [9.17, 15) is 4.79 Å². The minimum Gasteiger partial charge on any atom is -0.512 e. The van der Waals surface area contributed by atoms with E-state index in [0.717, 1.165) is 33.6 Å². The summed E-state index contributed by atoms with van der Waals surface area (Å²) in [5, 5.41) is 11.4. The third kappa shape index (κ3) is 8.29. The number of fused-ring (bicyclic) bond motifs is 1. The fraction of sp³-hybridized carbons (Fsp3) is 0.281. The summed E-state index contributed by atoms with van der Waals surface area (Å²) in [5.41, 5.74) is 7.45. The predicted octanol–water partition coefficient (Wildman–Crippen LogP) is 7.74. The van der Waals surface area contributed by atoms with Crippen molar-refractivity contribution in [1.29, 1.82) is 0 Å². The van der Waals surface area contributed by atoms with Crippen LogP contribution in [0.25, 0.3) is 33.4 Å². The number of benzene rings is 2. The number of aliphatic hydroxyl groups is 1. The van der Waals surface area contributed by atoms with E-state index in [2.05, 4.69) is 87.0 Å². The second-order valence-corrected chi connectivity index (χ2v) is 15.4. The van der Waals surface area contributed by atoms with Gasteiger partial charge in [-0.15, -0.1) is 34.9 Å². The van der Waals surface area contributed by atoms with Crippen LogP contribution in [-0.2, 0) is 24.9 Å². The van der Waals surface area contributed by atoms with Crippen LogP contribution < -0.4 is 5.19 Å². The average molecular weight is 702 g/mol. The van der Waals surface area contributed by atoms with Crippen molar-refractivity contribution >= 4 is 29.9 Å². The molecule has 0 saturated carbocycles. The molecule has 1 radical (unpaired) electrons. The van der Waals surface area contributed by atoms with Crippen LogP contribution in [0, 0.1) is 19.9 Å². The van der Waals surface area contributed by atoms with Crippen molar-refractivity contribution in [1.82, 2.24) is 9.97 Å². The van der Waals surface area contributed by atoms with Crippen molar-refractivity contribution in [3.8, 4) is 22.5 Å². The van der Waals surface area contributed by atoms with Crippen LogP contribution >= 0.6 is 0 Å². The van der Waals surface area contributed by atoms with Gasteiger partial charge in [0.1, 0.15) is 0 Å². The Labute approximate surface area is 241 Å². The van der Waals surface area contributed by atoms with Crippen LogP contribution in [0.3, 0.4) is 0 Å². The van der Waals surface area contributed by atoms with Gasteiger partial charge in [-0.3, -0.25) is 14.8 Å². The molecule has 0 amide bonds. The third-order valence-corrected chi connectivity index (χ3v) is 8.12. The molecule has 0 bridgehead atoms. The number of aryl methyl sites for hydroxylation is 2. The summed E-state index contributed by atoms with van der Waals surface area (Å²) in [5.74, 6) is 0.149. The second-order valence-electron chi connectivity index (χ2n) is 10.3. The molecule has 4 rings (SSSR count). The van der Waals surface area contributed by atoms with Gasteiger partial charge in [-0.05, 0) is 23.9 Å². The molecule has 0 atom stereocenters. The first-order chi connectivity index (χ1) is 17.5. The molecular formula is C32H37IrN2O2Si-. The number of allylic oxidation sites excluding steroid dienone is 2. The zero-order chi connectivity index (χ0) is 27.2. The molecule has 2 heterocycles. The quantitative estimate of drug-likeness (QED) is 0.0968. The van der Waals surface area contributed by atoms with Crippen LogP contribution in [0.1, 0.15) is 37.8 Å². The zero-order valence-electron chi connectivity index (χ0n) is 23.3. The Morgan fingerprint density at radius 3 is 2.29 bits per heavy atom. The Balaban J connectivity index is 0.000000439. The number of hydrogen-bond acceptors (Lipinski definition) is 4.